The molecule has 1 aromatic heterocycles. The third-order valence-electron chi connectivity index (χ3n) is 5.07. The van der Waals surface area contributed by atoms with Gasteiger partial charge in [-0.3, -0.25) is 9.69 Å². The molecule has 1 amide bonds. The number of likely N-dealkylation sites (tertiary alicyclic amines) is 1. The van der Waals surface area contributed by atoms with Crippen LogP contribution >= 0.6 is 0 Å². The molecule has 134 valence electrons. The Morgan fingerprint density at radius 1 is 1.32 bits per heavy atom. The normalized spacial score (nSPS) is 21.6. The van der Waals surface area contributed by atoms with Gasteiger partial charge in [-0.2, -0.15) is 0 Å². The largest absolute Gasteiger partial charge is 0.474 e. The molecule has 3 rings (SSSR count). The van der Waals surface area contributed by atoms with E-state index in [1.807, 2.05) is 12.1 Å². The van der Waals surface area contributed by atoms with Crippen LogP contribution in [0.25, 0.3) is 0 Å². The third-order valence-corrected chi connectivity index (χ3v) is 5.07. The molecule has 1 aliphatic carbocycles. The smallest absolute Gasteiger partial charge is 0.237 e. The topological polar surface area (TPSA) is 54.5 Å². The second kappa shape index (κ2) is 8.87. The maximum Gasteiger partial charge on any atom is 0.237 e. The fourth-order valence-electron chi connectivity index (χ4n) is 3.70. The minimum atomic E-state index is -0.110. The number of hydrogen-bond acceptors (Lipinski definition) is 4. The molecule has 5 nitrogen and oxygen atoms in total. The molecule has 1 aliphatic heterocycles. The second-order valence-corrected chi connectivity index (χ2v) is 6.93. The Balaban J connectivity index is 1.53. The molecule has 2 aliphatic rings. The lowest BCUT2D eigenvalue weighted by Crippen LogP contribution is -2.49. The van der Waals surface area contributed by atoms with Crippen LogP contribution < -0.4 is 10.1 Å². The zero-order valence-electron chi connectivity index (χ0n) is 14.7. The van der Waals surface area contributed by atoms with Crippen molar-refractivity contribution in [2.24, 2.45) is 0 Å². The first-order valence-electron chi connectivity index (χ1n) is 9.33. The molecule has 1 saturated heterocycles. The lowest BCUT2D eigenvalue weighted by Gasteiger charge is -2.33. The van der Waals surface area contributed by atoms with E-state index in [0.29, 0.717) is 19.0 Å². The molecule has 2 fully saturated rings. The van der Waals surface area contributed by atoms with E-state index < -0.39 is 0 Å². The summed E-state index contributed by atoms with van der Waals surface area (Å²) in [6.07, 6.45) is 15.2. The highest BCUT2D eigenvalue weighted by Gasteiger charge is 2.27. The number of nitrogens with zero attached hydrogens (tertiary/aromatic N) is 2. The fourth-order valence-corrected chi connectivity index (χ4v) is 3.70. The van der Waals surface area contributed by atoms with E-state index in [0.717, 1.165) is 44.2 Å². The summed E-state index contributed by atoms with van der Waals surface area (Å²) in [6.45, 7) is 1.92. The van der Waals surface area contributed by atoms with Crippen molar-refractivity contribution in [2.45, 2.75) is 63.6 Å². The summed E-state index contributed by atoms with van der Waals surface area (Å²) in [6, 6.07) is 3.74. The number of piperidine rings is 1. The monoisotopic (exact) mass is 341 g/mol. The van der Waals surface area contributed by atoms with Crippen LogP contribution in [0.1, 0.15) is 50.5 Å². The Labute approximate surface area is 150 Å². The summed E-state index contributed by atoms with van der Waals surface area (Å²) < 4.78 is 5.93. The van der Waals surface area contributed by atoms with E-state index in [1.54, 1.807) is 6.20 Å². The van der Waals surface area contributed by atoms with E-state index in [4.69, 9.17) is 11.2 Å². The van der Waals surface area contributed by atoms with Gasteiger partial charge in [0.25, 0.3) is 0 Å². The minimum absolute atomic E-state index is 0.0602. The molecule has 2 heterocycles. The number of amides is 1. The number of hydrogen-bond donors (Lipinski definition) is 1. The average Bonchev–Trinajstić information content (AvgIpc) is 3.14. The number of nitrogens with one attached hydrogen (secondary N) is 1. The van der Waals surface area contributed by atoms with Crippen LogP contribution in [0.15, 0.2) is 18.3 Å². The molecule has 1 unspecified atom stereocenters. The number of pyridine rings is 1. The quantitative estimate of drug-likeness (QED) is 0.808. The van der Waals surface area contributed by atoms with Crippen molar-refractivity contribution in [3.05, 3.63) is 23.9 Å². The highest BCUT2D eigenvalue weighted by molar-refractivity contribution is 5.81. The third kappa shape index (κ3) is 4.96. The molecule has 0 spiro atoms. The van der Waals surface area contributed by atoms with Crippen molar-refractivity contribution in [1.29, 1.82) is 0 Å². The van der Waals surface area contributed by atoms with Crippen molar-refractivity contribution in [1.82, 2.24) is 15.2 Å². The van der Waals surface area contributed by atoms with E-state index in [-0.39, 0.29) is 18.1 Å². The Morgan fingerprint density at radius 2 is 2.12 bits per heavy atom. The van der Waals surface area contributed by atoms with Crippen LogP contribution in [0.4, 0.5) is 0 Å². The van der Waals surface area contributed by atoms with Crippen LogP contribution in [0.5, 0.6) is 5.88 Å². The van der Waals surface area contributed by atoms with Crippen LogP contribution in [0.2, 0.25) is 0 Å². The van der Waals surface area contributed by atoms with Gasteiger partial charge in [-0.15, -0.1) is 6.42 Å². The van der Waals surface area contributed by atoms with Gasteiger partial charge in [0.2, 0.25) is 11.8 Å². The van der Waals surface area contributed by atoms with Gasteiger partial charge in [-0.1, -0.05) is 12.3 Å². The van der Waals surface area contributed by atoms with Crippen molar-refractivity contribution in [3.63, 3.8) is 0 Å². The predicted octanol–water partition coefficient (Wildman–Crippen LogP) is 2.51. The number of ether oxygens (including phenoxy) is 1. The van der Waals surface area contributed by atoms with Crippen molar-refractivity contribution >= 4 is 5.91 Å². The molecular formula is C20H27N3O2. The first-order valence-corrected chi connectivity index (χ1v) is 9.33. The maximum atomic E-state index is 12.6. The zero-order valence-corrected chi connectivity index (χ0v) is 14.7. The van der Waals surface area contributed by atoms with E-state index in [9.17, 15) is 4.79 Å². The summed E-state index contributed by atoms with van der Waals surface area (Å²) in [4.78, 5) is 18.9. The SMILES string of the molecule is C#CCN1CCCCC1C(=O)NCc1ccnc(OC2CCCC2)c1. The Hall–Kier alpha value is -2.06. The molecule has 0 bridgehead atoms. The van der Waals surface area contributed by atoms with E-state index in [1.165, 1.54) is 12.8 Å². The van der Waals surface area contributed by atoms with Crippen molar-refractivity contribution in [2.75, 3.05) is 13.1 Å². The highest BCUT2D eigenvalue weighted by atomic mass is 16.5. The van der Waals surface area contributed by atoms with Gasteiger partial charge in [0.05, 0.1) is 12.6 Å². The molecule has 5 heteroatoms. The van der Waals surface area contributed by atoms with Gasteiger partial charge in [0.1, 0.15) is 6.10 Å². The lowest BCUT2D eigenvalue weighted by molar-refractivity contribution is -0.127. The van der Waals surface area contributed by atoms with Gasteiger partial charge in [0.15, 0.2) is 0 Å². The average molecular weight is 341 g/mol. The molecule has 1 atom stereocenters. The zero-order chi connectivity index (χ0) is 17.5. The van der Waals surface area contributed by atoms with E-state index in [2.05, 4.69) is 21.1 Å². The van der Waals surface area contributed by atoms with Crippen molar-refractivity contribution < 1.29 is 9.53 Å². The summed E-state index contributed by atoms with van der Waals surface area (Å²) in [5.74, 6) is 3.38. The first kappa shape index (κ1) is 17.8. The van der Waals surface area contributed by atoms with Crippen LogP contribution in [0.3, 0.4) is 0 Å². The molecule has 0 radical (unpaired) electrons. The Morgan fingerprint density at radius 3 is 2.92 bits per heavy atom. The number of rotatable bonds is 6. The summed E-state index contributed by atoms with van der Waals surface area (Å²) in [5, 5.41) is 3.05. The van der Waals surface area contributed by atoms with Crippen molar-refractivity contribution in [3.8, 4) is 18.2 Å². The van der Waals surface area contributed by atoms with Gasteiger partial charge in [0, 0.05) is 18.8 Å². The second-order valence-electron chi connectivity index (χ2n) is 6.93. The summed E-state index contributed by atoms with van der Waals surface area (Å²) in [5.41, 5.74) is 1.01. The molecule has 1 saturated carbocycles. The van der Waals surface area contributed by atoms with Gasteiger partial charge < -0.3 is 10.1 Å². The molecule has 1 N–H and O–H groups in total. The summed E-state index contributed by atoms with van der Waals surface area (Å²) in [7, 11) is 0. The first-order chi connectivity index (χ1) is 12.3. The minimum Gasteiger partial charge on any atom is -0.474 e. The van der Waals surface area contributed by atoms with Gasteiger partial charge in [-0.05, 0) is 56.7 Å². The molecular weight excluding hydrogens is 314 g/mol. The Kier molecular flexibility index (Phi) is 6.30. The van der Waals surface area contributed by atoms with E-state index >= 15 is 0 Å². The number of carbonyl (C=O) groups is 1. The van der Waals surface area contributed by atoms with Gasteiger partial charge >= 0.3 is 0 Å². The fraction of sp³-hybridized carbons (Fsp3) is 0.600. The van der Waals surface area contributed by atoms with Gasteiger partial charge in [-0.25, -0.2) is 4.98 Å². The highest BCUT2D eigenvalue weighted by Crippen LogP contribution is 2.23. The number of carbonyl (C=O) groups excluding carboxylic acids is 1. The maximum absolute atomic E-state index is 12.6. The summed E-state index contributed by atoms with van der Waals surface area (Å²) >= 11 is 0. The predicted molar refractivity (Wildman–Crippen MR) is 97.0 cm³/mol. The van der Waals surface area contributed by atoms with Crippen LogP contribution in [0, 0.1) is 12.3 Å². The Bertz CT molecular complexity index is 620. The standard InChI is InChI=1S/C20H27N3O2/c1-2-12-23-13-6-5-9-18(23)20(24)22-15-16-10-11-21-19(14-16)25-17-7-3-4-8-17/h1,10-11,14,17-18H,3-9,12-13,15H2,(H,22,24). The molecule has 1 aromatic rings. The number of terminal acetylenes is 1. The molecule has 0 aromatic carbocycles. The lowest BCUT2D eigenvalue weighted by atomic mass is 10.0. The molecule has 25 heavy (non-hydrogen) atoms. The van der Waals surface area contributed by atoms with Crippen LogP contribution in [-0.4, -0.2) is 41.0 Å². The number of aromatic nitrogens is 1. The van der Waals surface area contributed by atoms with Crippen LogP contribution in [-0.2, 0) is 11.3 Å².